The van der Waals surface area contributed by atoms with Gasteiger partial charge in [-0.2, -0.15) is 0 Å². The molecule has 6 nitrogen and oxygen atoms in total. The van der Waals surface area contributed by atoms with Crippen LogP contribution in [0.25, 0.3) is 5.78 Å². The van der Waals surface area contributed by atoms with Crippen molar-refractivity contribution in [1.82, 2.24) is 24.5 Å². The first-order valence-electron chi connectivity index (χ1n) is 6.66. The van der Waals surface area contributed by atoms with Crippen molar-refractivity contribution in [2.75, 3.05) is 18.8 Å². The molecular weight excluding hydrogens is 274 g/mol. The van der Waals surface area contributed by atoms with Gasteiger partial charge in [-0.05, 0) is 33.8 Å². The highest BCUT2D eigenvalue weighted by Gasteiger charge is 2.14. The highest BCUT2D eigenvalue weighted by molar-refractivity contribution is 7.99. The summed E-state index contributed by atoms with van der Waals surface area (Å²) in [6.45, 7) is 9.34. The van der Waals surface area contributed by atoms with Gasteiger partial charge in [0.1, 0.15) is 0 Å². The molecule has 0 N–H and O–H groups in total. The lowest BCUT2D eigenvalue weighted by Crippen LogP contribution is -2.31. The van der Waals surface area contributed by atoms with Gasteiger partial charge in [-0.25, -0.2) is 4.98 Å². The van der Waals surface area contributed by atoms with Gasteiger partial charge >= 0.3 is 0 Å². The van der Waals surface area contributed by atoms with Crippen molar-refractivity contribution in [1.29, 1.82) is 0 Å². The van der Waals surface area contributed by atoms with E-state index in [0.29, 0.717) is 16.7 Å². The molecule has 0 bridgehead atoms. The first kappa shape index (κ1) is 14.8. The second-order valence-electron chi connectivity index (χ2n) is 4.51. The van der Waals surface area contributed by atoms with Crippen LogP contribution in [-0.2, 0) is 4.79 Å². The van der Waals surface area contributed by atoms with Gasteiger partial charge in [0.2, 0.25) is 5.91 Å². The molecule has 7 heteroatoms. The summed E-state index contributed by atoms with van der Waals surface area (Å²) in [6.07, 6.45) is 0. The van der Waals surface area contributed by atoms with E-state index in [1.54, 1.807) is 0 Å². The van der Waals surface area contributed by atoms with E-state index in [0.717, 1.165) is 24.5 Å². The molecule has 20 heavy (non-hydrogen) atoms. The van der Waals surface area contributed by atoms with E-state index in [-0.39, 0.29) is 5.91 Å². The average molecular weight is 293 g/mol. The molecule has 2 aromatic heterocycles. The van der Waals surface area contributed by atoms with E-state index in [1.807, 2.05) is 43.1 Å². The topological polar surface area (TPSA) is 63.4 Å². The summed E-state index contributed by atoms with van der Waals surface area (Å²) >= 11 is 1.40. The maximum Gasteiger partial charge on any atom is 0.256 e. The van der Waals surface area contributed by atoms with E-state index >= 15 is 0 Å². The Morgan fingerprint density at radius 1 is 1.30 bits per heavy atom. The van der Waals surface area contributed by atoms with Crippen LogP contribution in [0.15, 0.2) is 11.2 Å². The summed E-state index contributed by atoms with van der Waals surface area (Å²) in [7, 11) is 0. The molecule has 0 atom stereocenters. The number of nitrogens with zero attached hydrogens (tertiary/aromatic N) is 5. The van der Waals surface area contributed by atoms with Gasteiger partial charge in [-0.3, -0.25) is 9.20 Å². The highest BCUT2D eigenvalue weighted by atomic mass is 32.2. The number of thioether (sulfide) groups is 1. The number of rotatable bonds is 5. The second-order valence-corrected chi connectivity index (χ2v) is 5.45. The van der Waals surface area contributed by atoms with E-state index in [4.69, 9.17) is 0 Å². The molecule has 0 aromatic carbocycles. The molecule has 108 valence electrons. The van der Waals surface area contributed by atoms with Crippen molar-refractivity contribution in [2.45, 2.75) is 32.9 Å². The minimum atomic E-state index is 0.120. The van der Waals surface area contributed by atoms with Crippen LogP contribution in [0.5, 0.6) is 0 Å². The molecule has 1 amide bonds. The number of aromatic nitrogens is 4. The van der Waals surface area contributed by atoms with Crippen LogP contribution in [0.1, 0.15) is 25.2 Å². The third kappa shape index (κ3) is 2.92. The molecule has 0 unspecified atom stereocenters. The Morgan fingerprint density at radius 2 is 2.00 bits per heavy atom. The van der Waals surface area contributed by atoms with E-state index in [2.05, 4.69) is 15.2 Å². The molecule has 2 heterocycles. The lowest BCUT2D eigenvalue weighted by atomic mass is 10.3. The Balaban J connectivity index is 2.17. The summed E-state index contributed by atoms with van der Waals surface area (Å²) in [5, 5.41) is 8.90. The largest absolute Gasteiger partial charge is 0.343 e. The van der Waals surface area contributed by atoms with Gasteiger partial charge < -0.3 is 4.90 Å². The van der Waals surface area contributed by atoms with E-state index in [9.17, 15) is 4.79 Å². The Labute approximate surface area is 122 Å². The molecule has 0 aliphatic rings. The van der Waals surface area contributed by atoms with Gasteiger partial charge in [-0.1, -0.05) is 11.8 Å². The van der Waals surface area contributed by atoms with Crippen LogP contribution in [-0.4, -0.2) is 49.2 Å². The lowest BCUT2D eigenvalue weighted by Gasteiger charge is -2.17. The van der Waals surface area contributed by atoms with Gasteiger partial charge in [0.25, 0.3) is 5.78 Å². The molecule has 0 fully saturated rings. The monoisotopic (exact) mass is 293 g/mol. The molecule has 2 rings (SSSR count). The number of hydrogen-bond donors (Lipinski definition) is 0. The zero-order valence-electron chi connectivity index (χ0n) is 12.3. The summed E-state index contributed by atoms with van der Waals surface area (Å²) in [5.41, 5.74) is 1.94. The third-order valence-electron chi connectivity index (χ3n) is 3.10. The van der Waals surface area contributed by atoms with Crippen molar-refractivity contribution in [3.05, 3.63) is 17.5 Å². The first-order valence-corrected chi connectivity index (χ1v) is 7.65. The SMILES string of the molecule is CCN(CC)C(=O)CSc1nnc2nc(C)cc(C)n12. The number of hydrogen-bond acceptors (Lipinski definition) is 5. The van der Waals surface area contributed by atoms with E-state index in [1.165, 1.54) is 11.8 Å². The predicted octanol–water partition coefficient (Wildman–Crippen LogP) is 1.70. The molecule has 0 aliphatic heterocycles. The Kier molecular flexibility index (Phi) is 4.59. The van der Waals surface area contributed by atoms with Crippen molar-refractivity contribution >= 4 is 23.4 Å². The van der Waals surface area contributed by atoms with Crippen LogP contribution in [0, 0.1) is 13.8 Å². The molecule has 0 saturated carbocycles. The first-order chi connectivity index (χ1) is 9.56. The van der Waals surface area contributed by atoms with Crippen LogP contribution < -0.4 is 0 Å². The number of amides is 1. The van der Waals surface area contributed by atoms with Crippen molar-refractivity contribution in [3.63, 3.8) is 0 Å². The number of aryl methyl sites for hydroxylation is 2. The minimum Gasteiger partial charge on any atom is -0.343 e. The normalized spacial score (nSPS) is 11.0. The van der Waals surface area contributed by atoms with Crippen molar-refractivity contribution in [3.8, 4) is 0 Å². The summed E-state index contributed by atoms with van der Waals surface area (Å²) in [4.78, 5) is 18.2. The zero-order chi connectivity index (χ0) is 14.7. The number of carbonyl (C=O) groups excluding carboxylic acids is 1. The minimum absolute atomic E-state index is 0.120. The fraction of sp³-hybridized carbons (Fsp3) is 0.538. The average Bonchev–Trinajstić information content (AvgIpc) is 2.81. The fourth-order valence-corrected chi connectivity index (χ4v) is 2.98. The summed E-state index contributed by atoms with van der Waals surface area (Å²) in [6, 6.07) is 1.98. The fourth-order valence-electron chi connectivity index (χ4n) is 2.09. The summed E-state index contributed by atoms with van der Waals surface area (Å²) < 4.78 is 1.88. The molecular formula is C13H19N5OS. The maximum absolute atomic E-state index is 12.0. The molecule has 0 saturated heterocycles. The third-order valence-corrected chi connectivity index (χ3v) is 4.02. The van der Waals surface area contributed by atoms with Crippen molar-refractivity contribution in [2.24, 2.45) is 0 Å². The Bertz CT molecular complexity index is 620. The Morgan fingerprint density at radius 3 is 2.65 bits per heavy atom. The molecule has 2 aromatic rings. The molecule has 0 spiro atoms. The Hall–Kier alpha value is -1.63. The summed E-state index contributed by atoms with van der Waals surface area (Å²) in [5.74, 6) is 1.07. The molecule has 0 radical (unpaired) electrons. The van der Waals surface area contributed by atoms with Crippen LogP contribution >= 0.6 is 11.8 Å². The highest BCUT2D eigenvalue weighted by Crippen LogP contribution is 2.18. The predicted molar refractivity (Wildman–Crippen MR) is 78.9 cm³/mol. The van der Waals surface area contributed by atoms with Crippen molar-refractivity contribution < 1.29 is 4.79 Å². The lowest BCUT2D eigenvalue weighted by molar-refractivity contribution is -0.127. The van der Waals surface area contributed by atoms with Gasteiger partial charge in [0.15, 0.2) is 5.16 Å². The number of fused-ring (bicyclic) bond motifs is 1. The van der Waals surface area contributed by atoms with Crippen LogP contribution in [0.2, 0.25) is 0 Å². The zero-order valence-corrected chi connectivity index (χ0v) is 13.1. The number of carbonyl (C=O) groups is 1. The quantitative estimate of drug-likeness (QED) is 0.785. The molecule has 0 aliphatic carbocycles. The van der Waals surface area contributed by atoms with Crippen LogP contribution in [0.4, 0.5) is 0 Å². The maximum atomic E-state index is 12.0. The van der Waals surface area contributed by atoms with Gasteiger partial charge in [-0.15, -0.1) is 10.2 Å². The van der Waals surface area contributed by atoms with Crippen LogP contribution in [0.3, 0.4) is 0 Å². The van der Waals surface area contributed by atoms with Gasteiger partial charge in [0.05, 0.1) is 5.75 Å². The second kappa shape index (κ2) is 6.21. The smallest absolute Gasteiger partial charge is 0.256 e. The van der Waals surface area contributed by atoms with E-state index < -0.39 is 0 Å². The standard InChI is InChI=1S/C13H19N5OS/c1-5-17(6-2)11(19)8-20-13-16-15-12-14-9(3)7-10(4)18(12)13/h7H,5-6,8H2,1-4H3. The van der Waals surface area contributed by atoms with Gasteiger partial charge in [0, 0.05) is 24.5 Å².